The molecule has 1 atom stereocenters. The molecule has 18 heavy (non-hydrogen) atoms. The number of hydrogen-bond acceptors (Lipinski definition) is 2. The van der Waals surface area contributed by atoms with Gasteiger partial charge in [0.2, 0.25) is 5.91 Å². The Bertz CT molecular complexity index is 395. The van der Waals surface area contributed by atoms with Gasteiger partial charge in [-0.15, -0.1) is 0 Å². The quantitative estimate of drug-likeness (QED) is 0.877. The van der Waals surface area contributed by atoms with Gasteiger partial charge in [0, 0.05) is 16.4 Å². The molecule has 1 rings (SSSR count). The number of hydrogen-bond donors (Lipinski definition) is 2. The molecule has 3 nitrogen and oxygen atoms in total. The number of halogens is 1. The van der Waals surface area contributed by atoms with Gasteiger partial charge in [0.25, 0.3) is 0 Å². The highest BCUT2D eigenvalue weighted by Crippen LogP contribution is 2.17. The van der Waals surface area contributed by atoms with Gasteiger partial charge in [0.15, 0.2) is 0 Å². The number of rotatable bonds is 5. The van der Waals surface area contributed by atoms with E-state index in [-0.39, 0.29) is 17.5 Å². The van der Waals surface area contributed by atoms with Crippen LogP contribution in [0, 0.1) is 0 Å². The van der Waals surface area contributed by atoms with Crippen molar-refractivity contribution in [2.45, 2.75) is 45.2 Å². The second-order valence-corrected chi connectivity index (χ2v) is 6.25. The van der Waals surface area contributed by atoms with Crippen molar-refractivity contribution in [1.29, 1.82) is 0 Å². The second-order valence-electron chi connectivity index (χ2n) is 5.33. The smallest absolute Gasteiger partial charge is 0.220 e. The van der Waals surface area contributed by atoms with Crippen molar-refractivity contribution in [3.05, 3.63) is 34.3 Å². The lowest BCUT2D eigenvalue weighted by Gasteiger charge is -2.19. The molecule has 1 aromatic carbocycles. The Morgan fingerprint density at radius 3 is 2.44 bits per heavy atom. The molecule has 0 radical (unpaired) electrons. The summed E-state index contributed by atoms with van der Waals surface area (Å²) < 4.78 is 1.04. The molecule has 0 aromatic heterocycles. The van der Waals surface area contributed by atoms with Crippen molar-refractivity contribution in [2.75, 3.05) is 0 Å². The molecule has 1 aromatic rings. The van der Waals surface area contributed by atoms with E-state index in [2.05, 4.69) is 21.2 Å². The Labute approximate surface area is 117 Å². The average Bonchev–Trinajstić information content (AvgIpc) is 2.26. The third-order valence-corrected chi connectivity index (χ3v) is 3.27. The monoisotopic (exact) mass is 312 g/mol. The summed E-state index contributed by atoms with van der Waals surface area (Å²) >= 11 is 3.39. The van der Waals surface area contributed by atoms with Crippen molar-refractivity contribution in [1.82, 2.24) is 5.32 Å². The van der Waals surface area contributed by atoms with E-state index in [1.807, 2.05) is 45.0 Å². The molecule has 0 bridgehead atoms. The predicted octanol–water partition coefficient (Wildman–Crippen LogP) is 3.14. The van der Waals surface area contributed by atoms with E-state index in [0.29, 0.717) is 12.8 Å². The minimum Gasteiger partial charge on any atom is -0.350 e. The summed E-state index contributed by atoms with van der Waals surface area (Å²) in [5.74, 6) is 0.0453. The fourth-order valence-electron chi connectivity index (χ4n) is 1.58. The fourth-order valence-corrected chi connectivity index (χ4v) is 1.85. The van der Waals surface area contributed by atoms with Gasteiger partial charge in [-0.1, -0.05) is 28.1 Å². The summed E-state index contributed by atoms with van der Waals surface area (Å²) in [6.07, 6.45) is 1.15. The summed E-state index contributed by atoms with van der Waals surface area (Å²) in [4.78, 5) is 11.8. The summed E-state index contributed by atoms with van der Waals surface area (Å²) in [5, 5.41) is 2.98. The van der Waals surface area contributed by atoms with Crippen molar-refractivity contribution >= 4 is 21.8 Å². The molecule has 0 heterocycles. The number of benzene rings is 1. The number of amides is 1. The van der Waals surface area contributed by atoms with E-state index in [1.165, 1.54) is 0 Å². The molecular formula is C14H21BrN2O. The van der Waals surface area contributed by atoms with Crippen LogP contribution in [0.2, 0.25) is 0 Å². The molecule has 100 valence electrons. The van der Waals surface area contributed by atoms with Crippen LogP contribution in [0.3, 0.4) is 0 Å². The maximum absolute atomic E-state index is 11.8. The van der Waals surface area contributed by atoms with Crippen LogP contribution < -0.4 is 11.1 Å². The molecule has 0 fully saturated rings. The van der Waals surface area contributed by atoms with Crippen molar-refractivity contribution < 1.29 is 4.79 Å². The highest BCUT2D eigenvalue weighted by Gasteiger charge is 2.15. The summed E-state index contributed by atoms with van der Waals surface area (Å²) in [6.45, 7) is 5.84. The maximum Gasteiger partial charge on any atom is 0.220 e. The molecule has 3 N–H and O–H groups in total. The largest absolute Gasteiger partial charge is 0.350 e. The minimum atomic E-state index is -0.293. The van der Waals surface area contributed by atoms with Gasteiger partial charge in [-0.3, -0.25) is 4.79 Å². The Kier molecular flexibility index (Phi) is 5.35. The zero-order chi connectivity index (χ0) is 13.8. The van der Waals surface area contributed by atoms with Gasteiger partial charge in [-0.05, 0) is 44.9 Å². The molecule has 0 aliphatic carbocycles. The zero-order valence-corrected chi connectivity index (χ0v) is 12.8. The van der Waals surface area contributed by atoms with E-state index >= 15 is 0 Å². The SMILES string of the molecule is C[C@H](NC(=O)CCC(C)(C)N)c1ccc(Br)cc1. The van der Waals surface area contributed by atoms with Crippen LogP contribution in [0.4, 0.5) is 0 Å². The zero-order valence-electron chi connectivity index (χ0n) is 11.2. The van der Waals surface area contributed by atoms with Crippen molar-refractivity contribution in [3.8, 4) is 0 Å². The van der Waals surface area contributed by atoms with Crippen molar-refractivity contribution in [3.63, 3.8) is 0 Å². The summed E-state index contributed by atoms with van der Waals surface area (Å²) in [6, 6.07) is 7.97. The van der Waals surface area contributed by atoms with Gasteiger partial charge in [0.05, 0.1) is 6.04 Å². The molecule has 0 saturated carbocycles. The van der Waals surface area contributed by atoms with Gasteiger partial charge >= 0.3 is 0 Å². The van der Waals surface area contributed by atoms with Crippen LogP contribution in [0.15, 0.2) is 28.7 Å². The number of carbonyl (C=O) groups is 1. The molecule has 0 spiro atoms. The fraction of sp³-hybridized carbons (Fsp3) is 0.500. The highest BCUT2D eigenvalue weighted by molar-refractivity contribution is 9.10. The third-order valence-electron chi connectivity index (χ3n) is 2.74. The van der Waals surface area contributed by atoms with E-state index in [4.69, 9.17) is 5.73 Å². The lowest BCUT2D eigenvalue weighted by Crippen LogP contribution is -2.35. The van der Waals surface area contributed by atoms with Crippen LogP contribution in [-0.4, -0.2) is 11.4 Å². The topological polar surface area (TPSA) is 55.1 Å². The lowest BCUT2D eigenvalue weighted by molar-refractivity contribution is -0.122. The van der Waals surface area contributed by atoms with Crippen LogP contribution in [0.5, 0.6) is 0 Å². The van der Waals surface area contributed by atoms with Gasteiger partial charge < -0.3 is 11.1 Å². The van der Waals surface area contributed by atoms with E-state index < -0.39 is 0 Å². The lowest BCUT2D eigenvalue weighted by atomic mass is 9.99. The normalized spacial score (nSPS) is 13.2. The first-order valence-corrected chi connectivity index (χ1v) is 6.91. The van der Waals surface area contributed by atoms with Gasteiger partial charge in [0.1, 0.15) is 0 Å². The Morgan fingerprint density at radius 1 is 1.39 bits per heavy atom. The number of nitrogens with one attached hydrogen (secondary N) is 1. The van der Waals surface area contributed by atoms with Crippen LogP contribution in [-0.2, 0) is 4.79 Å². The maximum atomic E-state index is 11.8. The predicted molar refractivity (Wildman–Crippen MR) is 78.2 cm³/mol. The highest BCUT2D eigenvalue weighted by atomic mass is 79.9. The van der Waals surface area contributed by atoms with E-state index in [1.54, 1.807) is 0 Å². The Morgan fingerprint density at radius 2 is 1.94 bits per heavy atom. The number of carbonyl (C=O) groups excluding carboxylic acids is 1. The Hall–Kier alpha value is -0.870. The molecular weight excluding hydrogens is 292 g/mol. The third kappa shape index (κ3) is 5.65. The molecule has 4 heteroatoms. The summed E-state index contributed by atoms with van der Waals surface area (Å²) in [7, 11) is 0. The minimum absolute atomic E-state index is 0.0199. The number of nitrogens with two attached hydrogens (primary N) is 1. The van der Waals surface area contributed by atoms with Crippen LogP contribution >= 0.6 is 15.9 Å². The summed E-state index contributed by atoms with van der Waals surface area (Å²) in [5.41, 5.74) is 6.66. The first-order valence-electron chi connectivity index (χ1n) is 6.11. The van der Waals surface area contributed by atoms with Crippen molar-refractivity contribution in [2.24, 2.45) is 5.73 Å². The van der Waals surface area contributed by atoms with Gasteiger partial charge in [-0.25, -0.2) is 0 Å². The van der Waals surface area contributed by atoms with Crippen LogP contribution in [0.25, 0.3) is 0 Å². The Balaban J connectivity index is 2.47. The molecule has 0 unspecified atom stereocenters. The van der Waals surface area contributed by atoms with Gasteiger partial charge in [-0.2, -0.15) is 0 Å². The molecule has 0 aliphatic heterocycles. The molecule has 1 amide bonds. The first-order chi connectivity index (χ1) is 8.28. The average molecular weight is 313 g/mol. The second kappa shape index (κ2) is 6.34. The first kappa shape index (κ1) is 15.2. The van der Waals surface area contributed by atoms with E-state index in [9.17, 15) is 4.79 Å². The molecule has 0 saturated heterocycles. The standard InChI is InChI=1S/C14H21BrN2O/c1-10(11-4-6-12(15)7-5-11)17-13(18)8-9-14(2,3)16/h4-7,10H,8-9,16H2,1-3H3,(H,17,18)/t10-/m0/s1. The van der Waals surface area contributed by atoms with E-state index in [0.717, 1.165) is 10.0 Å². The molecule has 0 aliphatic rings. The van der Waals surface area contributed by atoms with Crippen LogP contribution in [0.1, 0.15) is 45.2 Å².